The highest BCUT2D eigenvalue weighted by molar-refractivity contribution is 5.94. The number of carbonyl (C=O) groups is 2. The van der Waals surface area contributed by atoms with Crippen LogP contribution in [0.3, 0.4) is 0 Å². The van der Waals surface area contributed by atoms with Crippen LogP contribution in [0.5, 0.6) is 0 Å². The molecule has 130 valence electrons. The Morgan fingerprint density at radius 3 is 2.54 bits per heavy atom. The third-order valence-electron chi connectivity index (χ3n) is 3.82. The number of primary amides is 1. The van der Waals surface area contributed by atoms with Gasteiger partial charge < -0.3 is 11.1 Å². The van der Waals surface area contributed by atoms with Gasteiger partial charge in [-0.3, -0.25) is 9.59 Å². The smallest absolute Gasteiger partial charge is 0.248 e. The van der Waals surface area contributed by atoms with E-state index < -0.39 is 5.91 Å². The minimum Gasteiger partial charge on any atom is -0.366 e. The summed E-state index contributed by atoms with van der Waals surface area (Å²) in [5.74, 6) is -0.687. The minimum atomic E-state index is -0.478. The van der Waals surface area contributed by atoms with Crippen molar-refractivity contribution in [1.29, 1.82) is 0 Å². The number of nitrogens with one attached hydrogen (secondary N) is 1. The van der Waals surface area contributed by atoms with E-state index in [0.29, 0.717) is 12.1 Å². The second-order valence-corrected chi connectivity index (χ2v) is 5.62. The Morgan fingerprint density at radius 1 is 1.08 bits per heavy atom. The number of carbonyl (C=O) groups excluding carboxylic acids is 2. The number of para-hydroxylation sites is 1. The molecule has 0 aliphatic rings. The molecule has 0 spiro atoms. The Kier molecular flexibility index (Phi) is 5.24. The number of nitrogens with zero attached hydrogens (tertiary/aromatic N) is 2. The summed E-state index contributed by atoms with van der Waals surface area (Å²) < 4.78 is 1.76. The summed E-state index contributed by atoms with van der Waals surface area (Å²) in [6, 6.07) is 16.3. The summed E-state index contributed by atoms with van der Waals surface area (Å²) >= 11 is 0. The van der Waals surface area contributed by atoms with E-state index >= 15 is 0 Å². The van der Waals surface area contributed by atoms with E-state index in [2.05, 4.69) is 10.4 Å². The topological polar surface area (TPSA) is 90.0 Å². The summed E-state index contributed by atoms with van der Waals surface area (Å²) in [5.41, 5.74) is 8.32. The lowest BCUT2D eigenvalue weighted by Crippen LogP contribution is -2.21. The van der Waals surface area contributed by atoms with Crippen LogP contribution in [0.1, 0.15) is 21.5 Å². The van der Waals surface area contributed by atoms with E-state index in [4.69, 9.17) is 5.73 Å². The van der Waals surface area contributed by atoms with Crippen molar-refractivity contribution < 1.29 is 9.59 Å². The molecule has 3 N–H and O–H groups in total. The van der Waals surface area contributed by atoms with Crippen LogP contribution in [0.15, 0.2) is 73.1 Å². The lowest BCUT2D eigenvalue weighted by molar-refractivity contribution is -0.116. The number of hydrogen-bond donors (Lipinski definition) is 2. The van der Waals surface area contributed by atoms with Crippen LogP contribution in [0, 0.1) is 0 Å². The van der Waals surface area contributed by atoms with E-state index in [9.17, 15) is 9.59 Å². The van der Waals surface area contributed by atoms with Crippen molar-refractivity contribution >= 4 is 17.9 Å². The third kappa shape index (κ3) is 4.24. The Bertz CT molecular complexity index is 929. The second kappa shape index (κ2) is 7.94. The lowest BCUT2D eigenvalue weighted by Gasteiger charge is -2.09. The van der Waals surface area contributed by atoms with Gasteiger partial charge in [0.1, 0.15) is 0 Å². The molecule has 0 bridgehead atoms. The predicted octanol–water partition coefficient (Wildman–Crippen LogP) is 2.30. The quantitative estimate of drug-likeness (QED) is 0.671. The van der Waals surface area contributed by atoms with E-state index in [0.717, 1.165) is 16.8 Å². The van der Waals surface area contributed by atoms with Crippen LogP contribution >= 0.6 is 0 Å². The van der Waals surface area contributed by atoms with Crippen LogP contribution < -0.4 is 11.1 Å². The van der Waals surface area contributed by atoms with Crippen molar-refractivity contribution in [2.45, 2.75) is 6.54 Å². The molecule has 0 unspecified atom stereocenters. The van der Waals surface area contributed by atoms with Crippen LogP contribution in [-0.4, -0.2) is 21.6 Å². The molecule has 2 aromatic carbocycles. The van der Waals surface area contributed by atoms with Gasteiger partial charge >= 0.3 is 0 Å². The molecule has 1 aromatic heterocycles. The van der Waals surface area contributed by atoms with Crippen molar-refractivity contribution in [3.05, 3.63) is 89.8 Å². The monoisotopic (exact) mass is 346 g/mol. The molecule has 3 aromatic rings. The highest BCUT2D eigenvalue weighted by atomic mass is 16.1. The summed E-state index contributed by atoms with van der Waals surface area (Å²) in [5, 5.41) is 7.09. The van der Waals surface area contributed by atoms with Gasteiger partial charge in [-0.2, -0.15) is 5.10 Å². The van der Waals surface area contributed by atoms with Crippen molar-refractivity contribution in [3.8, 4) is 5.69 Å². The first-order chi connectivity index (χ1) is 12.6. The third-order valence-corrected chi connectivity index (χ3v) is 3.82. The highest BCUT2D eigenvalue weighted by Gasteiger charge is 2.05. The zero-order valence-electron chi connectivity index (χ0n) is 14.0. The maximum Gasteiger partial charge on any atom is 0.248 e. The second-order valence-electron chi connectivity index (χ2n) is 5.62. The van der Waals surface area contributed by atoms with Gasteiger partial charge in [-0.05, 0) is 41.5 Å². The maximum absolute atomic E-state index is 12.1. The van der Waals surface area contributed by atoms with Gasteiger partial charge in [0, 0.05) is 30.6 Å². The van der Waals surface area contributed by atoms with Crippen molar-refractivity contribution in [2.24, 2.45) is 5.73 Å². The standard InChI is InChI=1S/C20H18N4O2/c21-20(26)16-9-6-15(7-10-16)8-11-19(25)22-14-17-4-1-2-5-18(17)24-13-3-12-23-24/h1-13H,14H2,(H2,21,26)(H,22,25). The number of benzene rings is 2. The molecule has 1 heterocycles. The first kappa shape index (κ1) is 17.2. The van der Waals surface area contributed by atoms with E-state index in [-0.39, 0.29) is 5.91 Å². The molecule has 0 aliphatic heterocycles. The molecule has 6 nitrogen and oxygen atoms in total. The number of nitrogens with two attached hydrogens (primary N) is 1. The van der Waals surface area contributed by atoms with Crippen LogP contribution in [0.25, 0.3) is 11.8 Å². The number of rotatable bonds is 6. The fraction of sp³-hybridized carbons (Fsp3) is 0.0500. The van der Waals surface area contributed by atoms with Gasteiger partial charge in [0.25, 0.3) is 0 Å². The molecular formula is C20H18N4O2. The first-order valence-corrected chi connectivity index (χ1v) is 8.07. The Morgan fingerprint density at radius 2 is 1.85 bits per heavy atom. The Balaban J connectivity index is 1.62. The highest BCUT2D eigenvalue weighted by Crippen LogP contribution is 2.13. The van der Waals surface area contributed by atoms with Crippen molar-refractivity contribution in [3.63, 3.8) is 0 Å². The summed E-state index contributed by atoms with van der Waals surface area (Å²) in [4.78, 5) is 23.1. The lowest BCUT2D eigenvalue weighted by atomic mass is 10.1. The summed E-state index contributed by atoms with van der Waals surface area (Å²) in [6.07, 6.45) is 6.70. The number of amides is 2. The Labute approximate surface area is 151 Å². The van der Waals surface area contributed by atoms with Crippen LogP contribution in [0.4, 0.5) is 0 Å². The fourth-order valence-electron chi connectivity index (χ4n) is 2.47. The molecular weight excluding hydrogens is 328 g/mol. The van der Waals surface area contributed by atoms with E-state index in [1.165, 1.54) is 6.08 Å². The van der Waals surface area contributed by atoms with Gasteiger partial charge in [-0.15, -0.1) is 0 Å². The summed E-state index contributed by atoms with van der Waals surface area (Å²) in [7, 11) is 0. The van der Waals surface area contributed by atoms with E-state index in [1.54, 1.807) is 41.2 Å². The van der Waals surface area contributed by atoms with Crippen LogP contribution in [-0.2, 0) is 11.3 Å². The van der Waals surface area contributed by atoms with Gasteiger partial charge in [0.2, 0.25) is 11.8 Å². The zero-order valence-corrected chi connectivity index (χ0v) is 14.0. The van der Waals surface area contributed by atoms with Crippen LogP contribution in [0.2, 0.25) is 0 Å². The first-order valence-electron chi connectivity index (χ1n) is 8.07. The van der Waals surface area contributed by atoms with E-state index in [1.807, 2.05) is 36.5 Å². The molecule has 3 rings (SSSR count). The molecule has 6 heteroatoms. The normalized spacial score (nSPS) is 10.8. The predicted molar refractivity (Wildman–Crippen MR) is 99.4 cm³/mol. The van der Waals surface area contributed by atoms with Gasteiger partial charge in [-0.1, -0.05) is 30.3 Å². The molecule has 0 radical (unpaired) electrons. The van der Waals surface area contributed by atoms with Gasteiger partial charge in [-0.25, -0.2) is 4.68 Å². The molecule has 0 saturated carbocycles. The number of aromatic nitrogens is 2. The van der Waals surface area contributed by atoms with Crippen molar-refractivity contribution in [2.75, 3.05) is 0 Å². The minimum absolute atomic E-state index is 0.209. The zero-order chi connectivity index (χ0) is 18.4. The molecule has 0 fully saturated rings. The molecule has 0 aliphatic carbocycles. The number of hydrogen-bond acceptors (Lipinski definition) is 3. The Hall–Kier alpha value is -3.67. The molecule has 0 atom stereocenters. The molecule has 2 amide bonds. The largest absolute Gasteiger partial charge is 0.366 e. The molecule has 26 heavy (non-hydrogen) atoms. The summed E-state index contributed by atoms with van der Waals surface area (Å²) in [6.45, 7) is 0.389. The van der Waals surface area contributed by atoms with Gasteiger partial charge in [0.15, 0.2) is 0 Å². The SMILES string of the molecule is NC(=O)c1ccc(C=CC(=O)NCc2ccccc2-n2cccn2)cc1. The van der Waals surface area contributed by atoms with Gasteiger partial charge in [0.05, 0.1) is 5.69 Å². The molecule has 0 saturated heterocycles. The maximum atomic E-state index is 12.1. The van der Waals surface area contributed by atoms with Crippen molar-refractivity contribution in [1.82, 2.24) is 15.1 Å². The fourth-order valence-corrected chi connectivity index (χ4v) is 2.47. The average Bonchev–Trinajstić information content (AvgIpc) is 3.20. The average molecular weight is 346 g/mol.